The summed E-state index contributed by atoms with van der Waals surface area (Å²) in [6.45, 7) is 4.50. The maximum Gasteiger partial charge on any atom is 0.0548 e. The van der Waals surface area contributed by atoms with Crippen molar-refractivity contribution in [2.75, 3.05) is 5.32 Å². The Morgan fingerprint density at radius 2 is 1.25 bits per heavy atom. The van der Waals surface area contributed by atoms with Gasteiger partial charge in [0.25, 0.3) is 0 Å². The van der Waals surface area contributed by atoms with Gasteiger partial charge < -0.3 is 9.88 Å². The molecule has 0 atom stereocenters. The fourth-order valence-electron chi connectivity index (χ4n) is 7.81. The average molecular weight is 721 g/mol. The van der Waals surface area contributed by atoms with Crippen molar-refractivity contribution in [3.63, 3.8) is 0 Å². The molecule has 3 heteroatoms. The van der Waals surface area contributed by atoms with E-state index in [1.807, 2.05) is 23.6 Å². The van der Waals surface area contributed by atoms with E-state index in [1.54, 1.807) is 0 Å². The number of nitrogens with one attached hydrogen (secondary N) is 1. The van der Waals surface area contributed by atoms with Gasteiger partial charge in [-0.3, -0.25) is 0 Å². The van der Waals surface area contributed by atoms with E-state index in [2.05, 4.69) is 205 Å². The molecule has 1 N–H and O–H groups in total. The minimum absolute atomic E-state index is 0.956. The molecule has 2 heterocycles. The van der Waals surface area contributed by atoms with Crippen molar-refractivity contribution in [3.8, 4) is 16.8 Å². The fourth-order valence-corrected chi connectivity index (χ4v) is 8.94. The Balaban J connectivity index is 1.13. The Labute approximate surface area is 324 Å². The molecule has 0 radical (unpaired) electrons. The summed E-state index contributed by atoms with van der Waals surface area (Å²) in [4.78, 5) is 0. The lowest BCUT2D eigenvalue weighted by Crippen LogP contribution is -1.94. The number of anilines is 1. The molecule has 260 valence electrons. The normalized spacial score (nSPS) is 12.1. The van der Waals surface area contributed by atoms with Crippen LogP contribution in [0.2, 0.25) is 0 Å². The quantitative estimate of drug-likeness (QED) is 0.155. The molecule has 2 nitrogen and oxygen atoms in total. The predicted molar refractivity (Wildman–Crippen MR) is 239 cm³/mol. The number of rotatable bonds is 8. The first-order chi connectivity index (χ1) is 27.2. The van der Waals surface area contributed by atoms with E-state index in [9.17, 15) is 0 Å². The van der Waals surface area contributed by atoms with Gasteiger partial charge >= 0.3 is 0 Å². The van der Waals surface area contributed by atoms with Crippen LogP contribution in [-0.4, -0.2) is 4.57 Å². The van der Waals surface area contributed by atoms with E-state index >= 15 is 0 Å². The van der Waals surface area contributed by atoms with Crippen LogP contribution in [0.3, 0.4) is 0 Å². The maximum absolute atomic E-state index is 4.50. The van der Waals surface area contributed by atoms with Crippen LogP contribution in [0.4, 0.5) is 5.69 Å². The first-order valence-electron chi connectivity index (χ1n) is 18.6. The number of fused-ring (bicyclic) bond motifs is 7. The summed E-state index contributed by atoms with van der Waals surface area (Å²) in [7, 11) is 0. The molecule has 0 aliphatic heterocycles. The van der Waals surface area contributed by atoms with Gasteiger partial charge in [0.15, 0.2) is 0 Å². The smallest absolute Gasteiger partial charge is 0.0548 e. The van der Waals surface area contributed by atoms with E-state index in [-0.39, 0.29) is 0 Å². The van der Waals surface area contributed by atoms with E-state index in [1.165, 1.54) is 63.9 Å². The van der Waals surface area contributed by atoms with Crippen LogP contribution in [0.5, 0.6) is 0 Å². The second kappa shape index (κ2) is 13.8. The summed E-state index contributed by atoms with van der Waals surface area (Å²) in [5.41, 5.74) is 11.2. The van der Waals surface area contributed by atoms with Crippen molar-refractivity contribution in [2.45, 2.75) is 0 Å². The van der Waals surface area contributed by atoms with Crippen molar-refractivity contribution in [1.82, 2.24) is 4.57 Å². The summed E-state index contributed by atoms with van der Waals surface area (Å²) in [6, 6.07) is 65.3. The number of allylic oxidation sites excluding steroid dienone is 4. The molecule has 0 fully saturated rings. The Morgan fingerprint density at radius 3 is 2.13 bits per heavy atom. The topological polar surface area (TPSA) is 17.0 Å². The molecule has 10 rings (SSSR count). The molecule has 2 aromatic heterocycles. The largest absolute Gasteiger partial charge is 0.362 e. The number of hydrogen-bond donors (Lipinski definition) is 1. The molecule has 0 aliphatic rings. The number of thiophene rings is 1. The highest BCUT2D eigenvalue weighted by molar-refractivity contribution is 7.25. The van der Waals surface area contributed by atoms with Crippen molar-refractivity contribution >= 4 is 80.9 Å². The Morgan fingerprint density at radius 1 is 0.509 bits per heavy atom. The third kappa shape index (κ3) is 6.11. The third-order valence-corrected chi connectivity index (χ3v) is 11.7. The molecule has 8 aromatic carbocycles. The van der Waals surface area contributed by atoms with Crippen LogP contribution in [0, 0.1) is 0 Å². The number of aromatic nitrogens is 1. The molecule has 0 saturated carbocycles. The van der Waals surface area contributed by atoms with Crippen molar-refractivity contribution in [1.29, 1.82) is 0 Å². The molecule has 0 unspecified atom stereocenters. The van der Waals surface area contributed by atoms with Crippen LogP contribution in [-0.2, 0) is 0 Å². The molecule has 55 heavy (non-hydrogen) atoms. The maximum atomic E-state index is 4.50. The Bertz CT molecular complexity index is 3120. The van der Waals surface area contributed by atoms with Gasteiger partial charge in [-0.1, -0.05) is 134 Å². The zero-order chi connectivity index (χ0) is 36.7. The first-order valence-corrected chi connectivity index (χ1v) is 19.4. The highest BCUT2D eigenvalue weighted by Crippen LogP contribution is 2.42. The van der Waals surface area contributed by atoms with Gasteiger partial charge in [0.05, 0.1) is 11.0 Å². The fraction of sp³-hybridized carbons (Fsp3) is 0. The van der Waals surface area contributed by atoms with Crippen molar-refractivity contribution < 1.29 is 0 Å². The predicted octanol–water partition coefficient (Wildman–Crippen LogP) is 14.7. The minimum atomic E-state index is 0.956. The van der Waals surface area contributed by atoms with Gasteiger partial charge in [0.2, 0.25) is 0 Å². The second-order valence-electron chi connectivity index (χ2n) is 14.0. The zero-order valence-corrected chi connectivity index (χ0v) is 30.9. The van der Waals surface area contributed by atoms with Crippen LogP contribution < -0.4 is 5.32 Å². The van der Waals surface area contributed by atoms with Crippen LogP contribution in [0.15, 0.2) is 207 Å². The summed E-state index contributed by atoms with van der Waals surface area (Å²) < 4.78 is 5.05. The molecular weight excluding hydrogens is 685 g/mol. The van der Waals surface area contributed by atoms with E-state index in [0.29, 0.717) is 0 Å². The Kier molecular flexibility index (Phi) is 8.20. The van der Waals surface area contributed by atoms with Gasteiger partial charge in [-0.15, -0.1) is 11.3 Å². The molecule has 0 amide bonds. The lowest BCUT2D eigenvalue weighted by Gasteiger charge is -2.11. The van der Waals surface area contributed by atoms with Gasteiger partial charge in [-0.05, 0) is 111 Å². The molecule has 0 bridgehead atoms. The van der Waals surface area contributed by atoms with E-state index < -0.39 is 0 Å². The standard InChI is InChI=1S/C52H36N2S/c1-35(36-13-4-2-5-14-36)29-42(27-28-53-43-20-12-19-39(30-43)37-15-6-3-7-16-37)41-24-26-49-46(32-41)47-34-52-48(45-21-10-11-22-51(45)55-52)33-50(47)54(49)44-25-23-38-17-8-9-18-40(38)31-44/h2-34,53H,1H2/b28-27-,42-29+. The lowest BCUT2D eigenvalue weighted by molar-refractivity contribution is 1.19. The lowest BCUT2D eigenvalue weighted by atomic mass is 9.98. The Hall–Kier alpha value is -6.94. The molecule has 0 spiro atoms. The van der Waals surface area contributed by atoms with Gasteiger partial charge in [0, 0.05) is 48.5 Å². The molecule has 0 saturated heterocycles. The first kappa shape index (κ1) is 32.7. The molecule has 10 aromatic rings. The van der Waals surface area contributed by atoms with Gasteiger partial charge in [-0.2, -0.15) is 0 Å². The summed E-state index contributed by atoms with van der Waals surface area (Å²) in [6.07, 6.45) is 6.40. The van der Waals surface area contributed by atoms with Crippen molar-refractivity contribution in [3.05, 3.63) is 218 Å². The highest BCUT2D eigenvalue weighted by atomic mass is 32.1. The third-order valence-electron chi connectivity index (χ3n) is 10.5. The van der Waals surface area contributed by atoms with E-state index in [4.69, 9.17) is 0 Å². The number of benzene rings is 8. The van der Waals surface area contributed by atoms with Crippen LogP contribution in [0.25, 0.3) is 80.7 Å². The second-order valence-corrected chi connectivity index (χ2v) is 15.1. The SMILES string of the molecule is C=C(/C=C(\C=C/Nc1cccc(-c2ccccc2)c1)c1ccc2c(c1)c1cc3sc4ccccc4c3cc1n2-c1ccc2ccccc2c1)c1ccccc1. The molecular formula is C52H36N2S. The van der Waals surface area contributed by atoms with Crippen LogP contribution >= 0.6 is 11.3 Å². The number of nitrogens with zero attached hydrogens (tertiary/aromatic N) is 1. The average Bonchev–Trinajstić information content (AvgIpc) is 3.77. The highest BCUT2D eigenvalue weighted by Gasteiger charge is 2.17. The zero-order valence-electron chi connectivity index (χ0n) is 30.1. The minimum Gasteiger partial charge on any atom is -0.362 e. The molecule has 0 aliphatic carbocycles. The monoisotopic (exact) mass is 720 g/mol. The summed E-state index contributed by atoms with van der Waals surface area (Å²) >= 11 is 1.87. The van der Waals surface area contributed by atoms with Gasteiger partial charge in [-0.25, -0.2) is 0 Å². The summed E-state index contributed by atoms with van der Waals surface area (Å²) in [5.74, 6) is 0. The summed E-state index contributed by atoms with van der Waals surface area (Å²) in [5, 5.41) is 11.1. The van der Waals surface area contributed by atoms with Gasteiger partial charge in [0.1, 0.15) is 0 Å². The number of hydrogen-bond acceptors (Lipinski definition) is 2. The van der Waals surface area contributed by atoms with Crippen molar-refractivity contribution in [2.24, 2.45) is 0 Å². The van der Waals surface area contributed by atoms with E-state index in [0.717, 1.165) is 33.6 Å². The van der Waals surface area contributed by atoms with Crippen LogP contribution in [0.1, 0.15) is 11.1 Å².